The third kappa shape index (κ3) is 1.98. The average Bonchev–Trinajstić information content (AvgIpc) is 2.26. The van der Waals surface area contributed by atoms with E-state index < -0.39 is 0 Å². The Morgan fingerprint density at radius 1 is 1.25 bits per heavy atom. The first kappa shape index (κ1) is 10.9. The maximum atomic E-state index is 5.73. The van der Waals surface area contributed by atoms with Crippen LogP contribution in [0.1, 0.15) is 30.0 Å². The van der Waals surface area contributed by atoms with E-state index in [4.69, 9.17) is 5.73 Å². The minimum Gasteiger partial charge on any atom is -0.385 e. The molecule has 0 saturated carbocycles. The van der Waals surface area contributed by atoms with Crippen molar-refractivity contribution in [3.8, 4) is 0 Å². The predicted octanol–water partition coefficient (Wildman–Crippen LogP) is 2.40. The average molecular weight is 215 g/mol. The summed E-state index contributed by atoms with van der Waals surface area (Å²) >= 11 is 0. The molecule has 0 aromatic heterocycles. The summed E-state index contributed by atoms with van der Waals surface area (Å²) in [5.41, 5.74) is 10.5. The Kier molecular flexibility index (Phi) is 2.77. The molecule has 0 amide bonds. The smallest absolute Gasteiger partial charge is 0.125 e. The highest BCUT2D eigenvalue weighted by Gasteiger charge is 2.18. The highest BCUT2D eigenvalue weighted by molar-refractivity contribution is 6.05. The van der Waals surface area contributed by atoms with Crippen molar-refractivity contribution in [3.05, 3.63) is 34.9 Å². The summed E-state index contributed by atoms with van der Waals surface area (Å²) in [7, 11) is 0. The molecular weight excluding hydrogens is 198 g/mol. The van der Waals surface area contributed by atoms with Gasteiger partial charge in [0.05, 0.1) is 5.71 Å². The molecule has 0 fully saturated rings. The fraction of sp³-hybridized carbons (Fsp3) is 0.385. The first-order chi connectivity index (χ1) is 7.58. The third-order valence-corrected chi connectivity index (χ3v) is 2.99. The number of nitrogens with two attached hydrogens (primary N) is 1. The van der Waals surface area contributed by atoms with Crippen LogP contribution < -0.4 is 5.73 Å². The van der Waals surface area contributed by atoms with Gasteiger partial charge in [0.25, 0.3) is 0 Å². The first-order valence-corrected chi connectivity index (χ1v) is 5.55. The predicted molar refractivity (Wildman–Crippen MR) is 67.9 cm³/mol. The Balaban J connectivity index is 2.42. The van der Waals surface area contributed by atoms with E-state index in [2.05, 4.69) is 49.2 Å². The molecule has 0 spiro atoms. The number of amidine groups is 1. The molecule has 1 aromatic rings. The van der Waals surface area contributed by atoms with Crippen LogP contribution in [0.25, 0.3) is 0 Å². The maximum absolute atomic E-state index is 5.73. The van der Waals surface area contributed by atoms with Crippen LogP contribution in [0.4, 0.5) is 0 Å². The molecule has 2 rings (SSSR count). The van der Waals surface area contributed by atoms with Gasteiger partial charge in [0.15, 0.2) is 0 Å². The van der Waals surface area contributed by atoms with E-state index in [-0.39, 0.29) is 5.92 Å². The molecule has 1 aromatic carbocycles. The summed E-state index contributed by atoms with van der Waals surface area (Å²) in [4.78, 5) is 0. The monoisotopic (exact) mass is 215 g/mol. The molecule has 84 valence electrons. The lowest BCUT2D eigenvalue weighted by Crippen LogP contribution is -2.27. The molecule has 16 heavy (non-hydrogen) atoms. The number of rotatable bonds is 1. The number of nitrogens with zero attached hydrogens (tertiary/aromatic N) is 2. The number of aryl methyl sites for hydroxylation is 2. The lowest BCUT2D eigenvalue weighted by molar-refractivity contribution is 0.779. The van der Waals surface area contributed by atoms with E-state index >= 15 is 0 Å². The van der Waals surface area contributed by atoms with Crippen LogP contribution in [0.15, 0.2) is 28.4 Å². The molecular formula is C13H17N3. The van der Waals surface area contributed by atoms with Gasteiger partial charge in [0.2, 0.25) is 0 Å². The number of benzene rings is 1. The van der Waals surface area contributed by atoms with Crippen molar-refractivity contribution in [2.75, 3.05) is 0 Å². The molecule has 0 radical (unpaired) electrons. The Morgan fingerprint density at radius 3 is 2.69 bits per heavy atom. The van der Waals surface area contributed by atoms with E-state index in [1.165, 1.54) is 16.7 Å². The number of hydrogen-bond acceptors (Lipinski definition) is 3. The minimum absolute atomic E-state index is 0.285. The van der Waals surface area contributed by atoms with Crippen molar-refractivity contribution >= 4 is 11.5 Å². The summed E-state index contributed by atoms with van der Waals surface area (Å²) < 4.78 is 0. The molecule has 0 bridgehead atoms. The Morgan fingerprint density at radius 2 is 2.00 bits per heavy atom. The summed E-state index contributed by atoms with van der Waals surface area (Å²) in [6.45, 7) is 6.27. The minimum atomic E-state index is 0.285. The van der Waals surface area contributed by atoms with Crippen molar-refractivity contribution in [3.63, 3.8) is 0 Å². The molecule has 3 nitrogen and oxygen atoms in total. The van der Waals surface area contributed by atoms with E-state index in [9.17, 15) is 0 Å². The van der Waals surface area contributed by atoms with Crippen LogP contribution in [-0.2, 0) is 0 Å². The van der Waals surface area contributed by atoms with Crippen LogP contribution in [0.5, 0.6) is 0 Å². The van der Waals surface area contributed by atoms with Gasteiger partial charge in [0, 0.05) is 17.9 Å². The van der Waals surface area contributed by atoms with Crippen molar-refractivity contribution in [1.29, 1.82) is 0 Å². The maximum Gasteiger partial charge on any atom is 0.125 e. The van der Waals surface area contributed by atoms with Crippen LogP contribution in [0, 0.1) is 19.8 Å². The lowest BCUT2D eigenvalue weighted by Gasteiger charge is -2.17. The fourth-order valence-corrected chi connectivity index (χ4v) is 1.86. The summed E-state index contributed by atoms with van der Waals surface area (Å²) in [6, 6.07) is 6.40. The zero-order valence-corrected chi connectivity index (χ0v) is 9.99. The van der Waals surface area contributed by atoms with Crippen molar-refractivity contribution in [1.82, 2.24) is 0 Å². The van der Waals surface area contributed by atoms with Gasteiger partial charge >= 0.3 is 0 Å². The summed E-state index contributed by atoms with van der Waals surface area (Å²) in [5.74, 6) is 0.918. The highest BCUT2D eigenvalue weighted by Crippen LogP contribution is 2.19. The largest absolute Gasteiger partial charge is 0.385 e. The molecule has 1 unspecified atom stereocenters. The zero-order chi connectivity index (χ0) is 11.7. The second-order valence-electron chi connectivity index (χ2n) is 4.50. The van der Waals surface area contributed by atoms with Gasteiger partial charge in [-0.05, 0) is 25.5 Å². The Labute approximate surface area is 96.1 Å². The standard InChI is InChI=1S/C13H17N3/c1-8-4-5-9(2)11(6-8)12-7-10(3)13(14)16-15-12/h4-6,10H,7H2,1-3H3,(H2,14,16). The summed E-state index contributed by atoms with van der Waals surface area (Å²) in [6.07, 6.45) is 0.875. The third-order valence-electron chi connectivity index (χ3n) is 2.99. The Bertz CT molecular complexity index is 472. The second-order valence-corrected chi connectivity index (χ2v) is 4.50. The van der Waals surface area contributed by atoms with Crippen LogP contribution in [-0.4, -0.2) is 11.5 Å². The molecule has 1 atom stereocenters. The Hall–Kier alpha value is -1.64. The van der Waals surface area contributed by atoms with Crippen molar-refractivity contribution < 1.29 is 0 Å². The highest BCUT2D eigenvalue weighted by atomic mass is 15.2. The van der Waals surface area contributed by atoms with E-state index in [0.717, 1.165) is 12.1 Å². The molecule has 2 N–H and O–H groups in total. The molecule has 1 aliphatic rings. The second kappa shape index (κ2) is 4.08. The molecule has 0 saturated heterocycles. The molecule has 3 heteroatoms. The zero-order valence-electron chi connectivity index (χ0n) is 9.99. The van der Waals surface area contributed by atoms with Crippen molar-refractivity contribution in [2.45, 2.75) is 27.2 Å². The van der Waals surface area contributed by atoms with Gasteiger partial charge in [-0.1, -0.05) is 24.6 Å². The van der Waals surface area contributed by atoms with E-state index in [1.54, 1.807) is 0 Å². The fourth-order valence-electron chi connectivity index (χ4n) is 1.86. The van der Waals surface area contributed by atoms with Gasteiger partial charge in [-0.2, -0.15) is 5.10 Å². The SMILES string of the molecule is Cc1ccc(C)c(C2=NN=C(N)C(C)C2)c1. The normalized spacial score (nSPS) is 20.3. The van der Waals surface area contributed by atoms with Gasteiger partial charge in [-0.15, -0.1) is 5.10 Å². The van der Waals surface area contributed by atoms with Gasteiger partial charge in [-0.25, -0.2) is 0 Å². The molecule has 0 aliphatic carbocycles. The molecule has 1 aliphatic heterocycles. The van der Waals surface area contributed by atoms with Gasteiger partial charge < -0.3 is 5.73 Å². The van der Waals surface area contributed by atoms with Crippen LogP contribution in [0.2, 0.25) is 0 Å². The topological polar surface area (TPSA) is 50.7 Å². The van der Waals surface area contributed by atoms with E-state index in [1.807, 2.05) is 0 Å². The summed E-state index contributed by atoms with van der Waals surface area (Å²) in [5, 5.41) is 8.23. The van der Waals surface area contributed by atoms with Crippen molar-refractivity contribution in [2.24, 2.45) is 21.9 Å². The van der Waals surface area contributed by atoms with Crippen LogP contribution >= 0.6 is 0 Å². The van der Waals surface area contributed by atoms with Gasteiger partial charge in [-0.3, -0.25) is 0 Å². The number of hydrogen-bond donors (Lipinski definition) is 1. The lowest BCUT2D eigenvalue weighted by atomic mass is 9.93. The first-order valence-electron chi connectivity index (χ1n) is 5.55. The van der Waals surface area contributed by atoms with Crippen LogP contribution in [0.3, 0.4) is 0 Å². The molecule has 1 heterocycles. The van der Waals surface area contributed by atoms with Gasteiger partial charge in [0.1, 0.15) is 5.84 Å². The van der Waals surface area contributed by atoms with E-state index in [0.29, 0.717) is 5.84 Å². The quantitative estimate of drug-likeness (QED) is 0.768.